The fourth-order valence-corrected chi connectivity index (χ4v) is 1.67. The molecular formula is C11H21N3O3. The first-order valence-corrected chi connectivity index (χ1v) is 5.97. The number of carbonyl (C=O) groups is 2. The van der Waals surface area contributed by atoms with E-state index in [0.717, 1.165) is 32.6 Å². The summed E-state index contributed by atoms with van der Waals surface area (Å²) in [5.74, 6) is 0.246. The minimum Gasteiger partial charge on any atom is -0.381 e. The van der Waals surface area contributed by atoms with Gasteiger partial charge >= 0.3 is 6.03 Å². The topological polar surface area (TPSA) is 79.5 Å². The number of carbonyl (C=O) groups excluding carboxylic acids is 2. The van der Waals surface area contributed by atoms with Crippen LogP contribution in [0.1, 0.15) is 19.8 Å². The molecule has 1 saturated heterocycles. The first-order valence-electron chi connectivity index (χ1n) is 5.97. The van der Waals surface area contributed by atoms with Crippen LogP contribution in [0, 0.1) is 5.92 Å². The molecule has 6 nitrogen and oxygen atoms in total. The van der Waals surface area contributed by atoms with Crippen molar-refractivity contribution in [3.63, 3.8) is 0 Å². The van der Waals surface area contributed by atoms with E-state index in [4.69, 9.17) is 4.74 Å². The van der Waals surface area contributed by atoms with Crippen LogP contribution in [0.3, 0.4) is 0 Å². The number of hydrogen-bond acceptors (Lipinski definition) is 4. The summed E-state index contributed by atoms with van der Waals surface area (Å²) in [6, 6.07) is -0.843. The first kappa shape index (κ1) is 13.9. The van der Waals surface area contributed by atoms with Crippen molar-refractivity contribution in [3.05, 3.63) is 0 Å². The van der Waals surface area contributed by atoms with Crippen molar-refractivity contribution in [2.45, 2.75) is 25.8 Å². The van der Waals surface area contributed by atoms with Crippen LogP contribution in [-0.2, 0) is 9.53 Å². The van der Waals surface area contributed by atoms with Gasteiger partial charge in [0.2, 0.25) is 5.91 Å². The van der Waals surface area contributed by atoms with E-state index in [1.54, 1.807) is 6.92 Å². The predicted octanol–water partition coefficient (Wildman–Crippen LogP) is -0.153. The maximum Gasteiger partial charge on any atom is 0.321 e. The highest BCUT2D eigenvalue weighted by atomic mass is 16.5. The van der Waals surface area contributed by atoms with E-state index in [2.05, 4.69) is 16.0 Å². The standard InChI is InChI=1S/C11H21N3O3/c1-8(10(15)14-11(16)12-2)13-7-9-3-5-17-6-4-9/h8-9,13H,3-7H2,1-2H3,(H2,12,14,15,16). The molecule has 0 spiro atoms. The summed E-state index contributed by atoms with van der Waals surface area (Å²) in [4.78, 5) is 22.5. The van der Waals surface area contributed by atoms with Crippen LogP contribution in [0.4, 0.5) is 4.79 Å². The fourth-order valence-electron chi connectivity index (χ4n) is 1.67. The summed E-state index contributed by atoms with van der Waals surface area (Å²) in [5.41, 5.74) is 0. The lowest BCUT2D eigenvalue weighted by Crippen LogP contribution is -2.48. The number of imide groups is 1. The van der Waals surface area contributed by atoms with Crippen molar-refractivity contribution < 1.29 is 14.3 Å². The Labute approximate surface area is 101 Å². The van der Waals surface area contributed by atoms with Gasteiger partial charge in [0, 0.05) is 20.3 Å². The molecule has 1 atom stereocenters. The molecule has 0 aromatic rings. The Morgan fingerprint density at radius 3 is 2.59 bits per heavy atom. The lowest BCUT2D eigenvalue weighted by molar-refractivity contribution is -0.121. The van der Waals surface area contributed by atoms with Crippen molar-refractivity contribution in [3.8, 4) is 0 Å². The van der Waals surface area contributed by atoms with Gasteiger partial charge in [-0.25, -0.2) is 4.79 Å². The Balaban J connectivity index is 2.21. The Bertz CT molecular complexity index is 265. The maximum absolute atomic E-state index is 11.5. The molecule has 6 heteroatoms. The third kappa shape index (κ3) is 5.14. The number of ether oxygens (including phenoxy) is 1. The summed E-state index contributed by atoms with van der Waals surface area (Å²) >= 11 is 0. The van der Waals surface area contributed by atoms with Crippen molar-refractivity contribution >= 4 is 11.9 Å². The zero-order valence-corrected chi connectivity index (χ0v) is 10.4. The molecule has 3 N–H and O–H groups in total. The van der Waals surface area contributed by atoms with E-state index < -0.39 is 6.03 Å². The molecule has 1 aliphatic rings. The third-order valence-corrected chi connectivity index (χ3v) is 2.91. The molecule has 17 heavy (non-hydrogen) atoms. The number of amides is 3. The van der Waals surface area contributed by atoms with E-state index in [9.17, 15) is 9.59 Å². The first-order chi connectivity index (χ1) is 8.13. The van der Waals surface area contributed by atoms with Crippen LogP contribution < -0.4 is 16.0 Å². The van der Waals surface area contributed by atoms with Gasteiger partial charge in [-0.15, -0.1) is 0 Å². The molecule has 1 heterocycles. The molecule has 0 radical (unpaired) electrons. The van der Waals surface area contributed by atoms with Gasteiger partial charge < -0.3 is 15.4 Å². The number of rotatable bonds is 4. The van der Waals surface area contributed by atoms with Gasteiger partial charge in [0.25, 0.3) is 0 Å². The normalized spacial score (nSPS) is 18.5. The number of nitrogens with one attached hydrogen (secondary N) is 3. The van der Waals surface area contributed by atoms with E-state index in [-0.39, 0.29) is 11.9 Å². The minimum atomic E-state index is -0.477. The SMILES string of the molecule is CNC(=O)NC(=O)C(C)NCC1CCOCC1. The highest BCUT2D eigenvalue weighted by Gasteiger charge is 2.18. The molecule has 1 fully saturated rings. The quantitative estimate of drug-likeness (QED) is 0.641. The second-order valence-electron chi connectivity index (χ2n) is 4.25. The average molecular weight is 243 g/mol. The van der Waals surface area contributed by atoms with Gasteiger partial charge in [-0.1, -0.05) is 0 Å². The van der Waals surface area contributed by atoms with Gasteiger partial charge in [0.1, 0.15) is 0 Å². The van der Waals surface area contributed by atoms with Crippen molar-refractivity contribution in [1.29, 1.82) is 0 Å². The maximum atomic E-state index is 11.5. The van der Waals surface area contributed by atoms with E-state index in [1.807, 2.05) is 0 Å². The second-order valence-corrected chi connectivity index (χ2v) is 4.25. The van der Waals surface area contributed by atoms with Crippen LogP contribution in [0.5, 0.6) is 0 Å². The molecule has 0 aliphatic carbocycles. The molecule has 1 aliphatic heterocycles. The summed E-state index contributed by atoms with van der Waals surface area (Å²) in [7, 11) is 1.47. The van der Waals surface area contributed by atoms with E-state index >= 15 is 0 Å². The molecule has 0 aromatic heterocycles. The van der Waals surface area contributed by atoms with Crippen molar-refractivity contribution in [2.75, 3.05) is 26.8 Å². The summed E-state index contributed by atoms with van der Waals surface area (Å²) in [6.07, 6.45) is 2.05. The Morgan fingerprint density at radius 2 is 2.00 bits per heavy atom. The number of urea groups is 1. The molecule has 98 valence electrons. The van der Waals surface area contributed by atoms with Gasteiger partial charge in [0.15, 0.2) is 0 Å². The lowest BCUT2D eigenvalue weighted by Gasteiger charge is -2.23. The minimum absolute atomic E-state index is 0.309. The molecule has 3 amide bonds. The molecule has 1 rings (SSSR count). The largest absolute Gasteiger partial charge is 0.381 e. The Hall–Kier alpha value is -1.14. The van der Waals surface area contributed by atoms with Crippen LogP contribution in [0.15, 0.2) is 0 Å². The lowest BCUT2D eigenvalue weighted by atomic mass is 10.0. The molecule has 0 bridgehead atoms. The van der Waals surface area contributed by atoms with E-state index in [0.29, 0.717) is 5.92 Å². The number of hydrogen-bond donors (Lipinski definition) is 3. The third-order valence-electron chi connectivity index (χ3n) is 2.91. The van der Waals surface area contributed by atoms with Gasteiger partial charge in [-0.3, -0.25) is 10.1 Å². The highest BCUT2D eigenvalue weighted by molar-refractivity contribution is 5.96. The van der Waals surface area contributed by atoms with Crippen LogP contribution in [-0.4, -0.2) is 44.8 Å². The van der Waals surface area contributed by atoms with Gasteiger partial charge in [0.05, 0.1) is 6.04 Å². The van der Waals surface area contributed by atoms with Crippen LogP contribution >= 0.6 is 0 Å². The summed E-state index contributed by atoms with van der Waals surface area (Å²) in [6.45, 7) is 4.12. The highest BCUT2D eigenvalue weighted by Crippen LogP contribution is 2.13. The predicted molar refractivity (Wildman–Crippen MR) is 63.6 cm³/mol. The zero-order valence-electron chi connectivity index (χ0n) is 10.4. The molecule has 0 aromatic carbocycles. The van der Waals surface area contributed by atoms with E-state index in [1.165, 1.54) is 7.05 Å². The van der Waals surface area contributed by atoms with Crippen LogP contribution in [0.2, 0.25) is 0 Å². The van der Waals surface area contributed by atoms with Gasteiger partial charge in [-0.05, 0) is 32.2 Å². The monoisotopic (exact) mass is 243 g/mol. The summed E-state index contributed by atoms with van der Waals surface area (Å²) < 4.78 is 5.26. The van der Waals surface area contributed by atoms with Crippen molar-refractivity contribution in [2.24, 2.45) is 5.92 Å². The molecule has 0 saturated carbocycles. The average Bonchev–Trinajstić information content (AvgIpc) is 2.36. The van der Waals surface area contributed by atoms with Crippen molar-refractivity contribution in [1.82, 2.24) is 16.0 Å². The second kappa shape index (κ2) is 7.24. The Kier molecular flexibility index (Phi) is 5.93. The van der Waals surface area contributed by atoms with Crippen LogP contribution in [0.25, 0.3) is 0 Å². The molecule has 1 unspecified atom stereocenters. The molecular weight excluding hydrogens is 222 g/mol. The zero-order chi connectivity index (χ0) is 12.7. The Morgan fingerprint density at radius 1 is 1.35 bits per heavy atom. The van der Waals surface area contributed by atoms with Gasteiger partial charge in [-0.2, -0.15) is 0 Å². The summed E-state index contributed by atoms with van der Waals surface area (Å²) in [5, 5.41) is 7.72. The smallest absolute Gasteiger partial charge is 0.321 e. The fraction of sp³-hybridized carbons (Fsp3) is 0.818.